The van der Waals surface area contributed by atoms with Crippen molar-refractivity contribution >= 4 is 17.5 Å². The van der Waals surface area contributed by atoms with Crippen LogP contribution in [0.3, 0.4) is 0 Å². The van der Waals surface area contributed by atoms with Crippen LogP contribution in [-0.2, 0) is 25.5 Å². The van der Waals surface area contributed by atoms with Crippen molar-refractivity contribution in [1.29, 1.82) is 0 Å². The van der Waals surface area contributed by atoms with Crippen LogP contribution in [0.5, 0.6) is 0 Å². The van der Waals surface area contributed by atoms with Crippen LogP contribution in [0.15, 0.2) is 24.3 Å². The third-order valence-corrected chi connectivity index (χ3v) is 7.36. The molecule has 0 aromatic heterocycles. The van der Waals surface area contributed by atoms with E-state index in [-0.39, 0.29) is 35.9 Å². The second-order valence-corrected chi connectivity index (χ2v) is 9.16. The Bertz CT molecular complexity index is 791. The topological polar surface area (TPSA) is 59.1 Å². The summed E-state index contributed by atoms with van der Waals surface area (Å²) in [6.45, 7) is 3.49. The van der Waals surface area contributed by atoms with Crippen molar-refractivity contribution in [1.82, 2.24) is 4.90 Å². The molecule has 3 aliphatic heterocycles. The summed E-state index contributed by atoms with van der Waals surface area (Å²) in [4.78, 5) is 31.0. The van der Waals surface area contributed by atoms with Gasteiger partial charge in [-0.15, -0.1) is 0 Å². The minimum atomic E-state index is -0.197. The number of fused-ring (bicyclic) bond motifs is 1. The van der Waals surface area contributed by atoms with Crippen LogP contribution in [0.4, 0.5) is 5.69 Å². The molecule has 3 heterocycles. The van der Waals surface area contributed by atoms with E-state index >= 15 is 0 Å². The molecule has 1 aliphatic carbocycles. The Morgan fingerprint density at radius 2 is 1.60 bits per heavy atom. The maximum atomic E-state index is 13.6. The fourth-order valence-corrected chi connectivity index (χ4v) is 5.80. The molecular weight excluding hydrogens is 380 g/mol. The van der Waals surface area contributed by atoms with Gasteiger partial charge in [-0.25, -0.2) is 0 Å². The average molecular weight is 413 g/mol. The molecular formula is C24H32N2O4. The molecule has 2 saturated heterocycles. The molecule has 1 aromatic carbocycles. The summed E-state index contributed by atoms with van der Waals surface area (Å²) in [5, 5.41) is 0. The summed E-state index contributed by atoms with van der Waals surface area (Å²) in [6.07, 6.45) is 6.44. The Hall–Kier alpha value is -1.92. The number of ether oxygens (including phenoxy) is 2. The molecule has 0 radical (unpaired) electrons. The molecule has 6 nitrogen and oxygen atoms in total. The van der Waals surface area contributed by atoms with E-state index in [1.807, 2.05) is 28.0 Å². The predicted molar refractivity (Wildman–Crippen MR) is 113 cm³/mol. The highest BCUT2D eigenvalue weighted by Gasteiger charge is 2.42. The van der Waals surface area contributed by atoms with E-state index in [0.717, 1.165) is 63.7 Å². The molecule has 6 heteroatoms. The van der Waals surface area contributed by atoms with Gasteiger partial charge in [-0.1, -0.05) is 31.0 Å². The first-order valence-electron chi connectivity index (χ1n) is 11.6. The number of likely N-dealkylation sites (tertiary alicyclic amines) is 1. The molecule has 162 valence electrons. The molecule has 3 unspecified atom stereocenters. The Morgan fingerprint density at radius 1 is 0.867 bits per heavy atom. The van der Waals surface area contributed by atoms with E-state index in [4.69, 9.17) is 9.47 Å². The van der Waals surface area contributed by atoms with Gasteiger partial charge in [0.1, 0.15) is 0 Å². The molecule has 5 rings (SSSR count). The van der Waals surface area contributed by atoms with Crippen LogP contribution >= 0.6 is 0 Å². The number of hydrogen-bond acceptors (Lipinski definition) is 4. The Labute approximate surface area is 178 Å². The number of para-hydroxylation sites is 1. The van der Waals surface area contributed by atoms with Gasteiger partial charge in [-0.3, -0.25) is 9.59 Å². The van der Waals surface area contributed by atoms with Gasteiger partial charge in [0.05, 0.1) is 19.1 Å². The third-order valence-electron chi connectivity index (χ3n) is 7.36. The highest BCUT2D eigenvalue weighted by molar-refractivity contribution is 5.99. The summed E-state index contributed by atoms with van der Waals surface area (Å²) in [7, 11) is 0. The number of amides is 2. The van der Waals surface area contributed by atoms with Crippen LogP contribution in [0.2, 0.25) is 0 Å². The SMILES string of the molecule is O=C(C1CCCCC1C(=O)N1CCc2ccccc21)N1CCCC(C2OCCO2)C1. The lowest BCUT2D eigenvalue weighted by atomic mass is 9.77. The Balaban J connectivity index is 1.30. The number of carbonyl (C=O) groups excluding carboxylic acids is 2. The summed E-state index contributed by atoms with van der Waals surface area (Å²) in [5.74, 6) is 0.172. The molecule has 1 saturated carbocycles. The molecule has 4 aliphatic rings. The normalized spacial score (nSPS) is 29.8. The number of anilines is 1. The molecule has 0 N–H and O–H groups in total. The molecule has 3 atom stereocenters. The number of hydrogen-bond donors (Lipinski definition) is 0. The molecule has 2 amide bonds. The number of carbonyl (C=O) groups is 2. The summed E-state index contributed by atoms with van der Waals surface area (Å²) < 4.78 is 11.4. The number of benzene rings is 1. The van der Waals surface area contributed by atoms with Crippen LogP contribution in [0.1, 0.15) is 44.1 Å². The fourth-order valence-electron chi connectivity index (χ4n) is 5.80. The second-order valence-electron chi connectivity index (χ2n) is 9.16. The zero-order valence-corrected chi connectivity index (χ0v) is 17.6. The summed E-state index contributed by atoms with van der Waals surface area (Å²) in [6, 6.07) is 8.17. The second kappa shape index (κ2) is 8.67. The van der Waals surface area contributed by atoms with E-state index in [0.29, 0.717) is 19.8 Å². The van der Waals surface area contributed by atoms with Gasteiger partial charge in [0, 0.05) is 37.2 Å². The van der Waals surface area contributed by atoms with Crippen molar-refractivity contribution in [3.8, 4) is 0 Å². The molecule has 0 bridgehead atoms. The van der Waals surface area contributed by atoms with Gasteiger partial charge in [0.2, 0.25) is 11.8 Å². The van der Waals surface area contributed by atoms with Crippen LogP contribution < -0.4 is 4.90 Å². The fraction of sp³-hybridized carbons (Fsp3) is 0.667. The largest absolute Gasteiger partial charge is 0.350 e. The number of piperidine rings is 1. The van der Waals surface area contributed by atoms with Gasteiger partial charge < -0.3 is 19.3 Å². The van der Waals surface area contributed by atoms with Crippen molar-refractivity contribution < 1.29 is 19.1 Å². The van der Waals surface area contributed by atoms with Crippen LogP contribution in [0.25, 0.3) is 0 Å². The van der Waals surface area contributed by atoms with Gasteiger partial charge >= 0.3 is 0 Å². The van der Waals surface area contributed by atoms with Crippen molar-refractivity contribution in [2.45, 2.75) is 51.2 Å². The van der Waals surface area contributed by atoms with Gasteiger partial charge in [0.25, 0.3) is 0 Å². The van der Waals surface area contributed by atoms with Crippen molar-refractivity contribution in [3.63, 3.8) is 0 Å². The zero-order chi connectivity index (χ0) is 20.5. The van der Waals surface area contributed by atoms with E-state index in [2.05, 4.69) is 6.07 Å². The van der Waals surface area contributed by atoms with Crippen molar-refractivity contribution in [3.05, 3.63) is 29.8 Å². The first kappa shape index (κ1) is 20.0. The summed E-state index contributed by atoms with van der Waals surface area (Å²) >= 11 is 0. The van der Waals surface area contributed by atoms with Gasteiger partial charge in [-0.2, -0.15) is 0 Å². The lowest BCUT2D eigenvalue weighted by molar-refractivity contribution is -0.149. The number of nitrogens with zero attached hydrogens (tertiary/aromatic N) is 2. The maximum absolute atomic E-state index is 13.6. The predicted octanol–water partition coefficient (Wildman–Crippen LogP) is 2.99. The first-order valence-corrected chi connectivity index (χ1v) is 11.6. The maximum Gasteiger partial charge on any atom is 0.230 e. The van der Waals surface area contributed by atoms with E-state index < -0.39 is 0 Å². The molecule has 0 spiro atoms. The number of rotatable bonds is 3. The lowest BCUT2D eigenvalue weighted by Crippen LogP contribution is -2.50. The minimum absolute atomic E-state index is 0.147. The van der Waals surface area contributed by atoms with Crippen molar-refractivity contribution in [2.24, 2.45) is 17.8 Å². The third kappa shape index (κ3) is 3.76. The Morgan fingerprint density at radius 3 is 2.40 bits per heavy atom. The van der Waals surface area contributed by atoms with Gasteiger partial charge in [-0.05, 0) is 43.7 Å². The van der Waals surface area contributed by atoms with E-state index in [1.54, 1.807) is 0 Å². The van der Waals surface area contributed by atoms with Crippen molar-refractivity contribution in [2.75, 3.05) is 37.7 Å². The standard InChI is InChI=1S/C24H32N2O4/c27-22(25-12-5-7-18(16-25)24-29-14-15-30-24)19-8-2-3-9-20(19)23(28)26-13-11-17-6-1-4-10-21(17)26/h1,4,6,10,18-20,24H,2-3,5,7-9,11-16H2. The molecule has 3 fully saturated rings. The Kier molecular flexibility index (Phi) is 5.79. The molecule has 30 heavy (non-hydrogen) atoms. The van der Waals surface area contributed by atoms with E-state index in [1.165, 1.54) is 5.56 Å². The zero-order valence-electron chi connectivity index (χ0n) is 17.6. The lowest BCUT2D eigenvalue weighted by Gasteiger charge is -2.39. The minimum Gasteiger partial charge on any atom is -0.350 e. The first-order chi connectivity index (χ1) is 14.7. The highest BCUT2D eigenvalue weighted by atomic mass is 16.7. The van der Waals surface area contributed by atoms with Gasteiger partial charge in [0.15, 0.2) is 6.29 Å². The van der Waals surface area contributed by atoms with Crippen LogP contribution in [0, 0.1) is 17.8 Å². The van der Waals surface area contributed by atoms with Crippen LogP contribution in [-0.4, -0.2) is 55.9 Å². The highest BCUT2D eigenvalue weighted by Crippen LogP contribution is 2.37. The smallest absolute Gasteiger partial charge is 0.230 e. The average Bonchev–Trinajstić information content (AvgIpc) is 3.48. The summed E-state index contributed by atoms with van der Waals surface area (Å²) in [5.41, 5.74) is 2.27. The monoisotopic (exact) mass is 412 g/mol. The van der Waals surface area contributed by atoms with E-state index in [9.17, 15) is 9.59 Å². The molecule has 1 aromatic rings. The quantitative estimate of drug-likeness (QED) is 0.766.